The van der Waals surface area contributed by atoms with E-state index in [4.69, 9.17) is 0 Å². The molecule has 6 rings (SSSR count). The molecule has 0 radical (unpaired) electrons. The first-order valence-corrected chi connectivity index (χ1v) is 10.6. The first-order valence-electron chi connectivity index (χ1n) is 8.19. The van der Waals surface area contributed by atoms with Crippen molar-refractivity contribution in [2.24, 2.45) is 0 Å². The van der Waals surface area contributed by atoms with Crippen molar-refractivity contribution >= 4 is 73.7 Å². The van der Waals surface area contributed by atoms with Gasteiger partial charge in [0, 0.05) is 19.7 Å². The highest BCUT2D eigenvalue weighted by molar-refractivity contribution is 7.41. The number of hydrogen-bond donors (Lipinski definition) is 0. The summed E-state index contributed by atoms with van der Waals surface area (Å²) in [4.78, 5) is 1.37. The third kappa shape index (κ3) is 2.04. The van der Waals surface area contributed by atoms with Crippen LogP contribution in [0.4, 0.5) is 0 Å². The maximum Gasteiger partial charge on any atom is 0.0642 e. The number of benzene rings is 3. The molecule has 118 valence electrons. The Morgan fingerprint density at radius 2 is 1.32 bits per heavy atom. The van der Waals surface area contributed by atoms with Gasteiger partial charge in [-0.25, -0.2) is 0 Å². The fraction of sp³-hybridized carbons (Fsp3) is 0. The zero-order valence-corrected chi connectivity index (χ0v) is 15.6. The molecule has 0 saturated heterocycles. The number of fused-ring (bicyclic) bond motifs is 6. The van der Waals surface area contributed by atoms with Crippen LogP contribution >= 0.6 is 34.0 Å². The van der Waals surface area contributed by atoms with Gasteiger partial charge in [0.15, 0.2) is 0 Å². The Hall–Kier alpha value is -2.20. The smallest absolute Gasteiger partial charge is 0.0642 e. The lowest BCUT2D eigenvalue weighted by Gasteiger charge is -2.01. The van der Waals surface area contributed by atoms with Crippen LogP contribution in [0.5, 0.6) is 0 Å². The van der Waals surface area contributed by atoms with E-state index in [2.05, 4.69) is 72.8 Å². The lowest BCUT2D eigenvalue weighted by molar-refractivity contribution is 1.74. The molecule has 0 unspecified atom stereocenters. The van der Waals surface area contributed by atoms with E-state index in [0.717, 1.165) is 0 Å². The van der Waals surface area contributed by atoms with Crippen LogP contribution in [0.25, 0.3) is 50.1 Å². The van der Waals surface area contributed by atoms with E-state index in [1.807, 2.05) is 34.0 Å². The van der Waals surface area contributed by atoms with Gasteiger partial charge in [0.05, 0.1) is 14.1 Å². The quantitative estimate of drug-likeness (QED) is 0.273. The molecule has 0 bridgehead atoms. The summed E-state index contributed by atoms with van der Waals surface area (Å²) >= 11 is 5.80. The van der Waals surface area contributed by atoms with Crippen molar-refractivity contribution < 1.29 is 0 Å². The molecule has 0 spiro atoms. The van der Waals surface area contributed by atoms with Crippen molar-refractivity contribution in [2.45, 2.75) is 0 Å². The summed E-state index contributed by atoms with van der Waals surface area (Å²) in [6, 6.07) is 26.5. The molecule has 0 N–H and O–H groups in total. The van der Waals surface area contributed by atoms with Gasteiger partial charge in [-0.15, -0.1) is 34.0 Å². The average Bonchev–Trinajstić information content (AvgIpc) is 3.31. The molecule has 25 heavy (non-hydrogen) atoms. The van der Waals surface area contributed by atoms with Crippen LogP contribution in [0.1, 0.15) is 0 Å². The Morgan fingerprint density at radius 1 is 0.520 bits per heavy atom. The lowest BCUT2D eigenvalue weighted by atomic mass is 10.1. The molecule has 6 aromatic rings. The van der Waals surface area contributed by atoms with E-state index in [1.165, 1.54) is 50.1 Å². The summed E-state index contributed by atoms with van der Waals surface area (Å²) in [5.74, 6) is 0. The number of thiophene rings is 3. The van der Waals surface area contributed by atoms with Gasteiger partial charge in [-0.1, -0.05) is 54.6 Å². The van der Waals surface area contributed by atoms with Crippen molar-refractivity contribution in [1.29, 1.82) is 0 Å². The molecule has 3 heteroatoms. The van der Waals surface area contributed by atoms with Crippen LogP contribution in [0.2, 0.25) is 0 Å². The Balaban J connectivity index is 1.59. The van der Waals surface area contributed by atoms with Gasteiger partial charge in [-0.2, -0.15) is 0 Å². The van der Waals surface area contributed by atoms with Crippen molar-refractivity contribution in [3.8, 4) is 10.4 Å². The first-order chi connectivity index (χ1) is 12.4. The molecular weight excluding hydrogens is 360 g/mol. The van der Waals surface area contributed by atoms with Gasteiger partial charge in [0.2, 0.25) is 0 Å². The summed E-state index contributed by atoms with van der Waals surface area (Å²) in [6.45, 7) is 0. The van der Waals surface area contributed by atoms with Crippen LogP contribution in [-0.4, -0.2) is 0 Å². The minimum Gasteiger partial charge on any atom is -0.133 e. The van der Waals surface area contributed by atoms with E-state index >= 15 is 0 Å². The summed E-state index contributed by atoms with van der Waals surface area (Å²) < 4.78 is 7.17. The fourth-order valence-electron chi connectivity index (χ4n) is 3.48. The zero-order chi connectivity index (χ0) is 16.4. The molecule has 0 fully saturated rings. The number of rotatable bonds is 1. The Kier molecular flexibility index (Phi) is 2.89. The van der Waals surface area contributed by atoms with Crippen LogP contribution in [0.15, 0.2) is 72.8 Å². The second-order valence-corrected chi connectivity index (χ2v) is 9.38. The average molecular weight is 373 g/mol. The molecule has 0 atom stereocenters. The molecule has 0 nitrogen and oxygen atoms in total. The van der Waals surface area contributed by atoms with Gasteiger partial charge in [-0.3, -0.25) is 0 Å². The van der Waals surface area contributed by atoms with E-state index in [0.29, 0.717) is 0 Å². The minimum absolute atomic E-state index is 1.30. The van der Waals surface area contributed by atoms with Gasteiger partial charge in [0.1, 0.15) is 0 Å². The van der Waals surface area contributed by atoms with E-state index < -0.39 is 0 Å². The topological polar surface area (TPSA) is 0 Å². The highest BCUT2D eigenvalue weighted by Crippen LogP contribution is 2.48. The van der Waals surface area contributed by atoms with E-state index in [-0.39, 0.29) is 0 Å². The lowest BCUT2D eigenvalue weighted by Crippen LogP contribution is -1.74. The van der Waals surface area contributed by atoms with Crippen LogP contribution in [0.3, 0.4) is 0 Å². The molecule has 0 saturated carbocycles. The van der Waals surface area contributed by atoms with Gasteiger partial charge < -0.3 is 0 Å². The SMILES string of the molecule is c1ccc2cc(-c3cc4sc5c6ccccc6sc5c4s3)ccc2c1. The third-order valence-electron chi connectivity index (χ3n) is 4.70. The summed E-state index contributed by atoms with van der Waals surface area (Å²) in [5, 5.41) is 4.02. The third-order valence-corrected chi connectivity index (χ3v) is 8.65. The molecular formula is C22H12S3. The molecule has 3 heterocycles. The Morgan fingerprint density at radius 3 is 2.28 bits per heavy atom. The predicted octanol–water partition coefficient (Wildman–Crippen LogP) is 8.15. The van der Waals surface area contributed by atoms with Gasteiger partial charge in [0.25, 0.3) is 0 Å². The van der Waals surface area contributed by atoms with Crippen LogP contribution in [-0.2, 0) is 0 Å². The molecule has 3 aromatic carbocycles. The molecule has 3 aromatic heterocycles. The van der Waals surface area contributed by atoms with Crippen molar-refractivity contribution in [1.82, 2.24) is 0 Å². The van der Waals surface area contributed by atoms with Crippen LogP contribution in [0, 0.1) is 0 Å². The molecule has 0 aliphatic carbocycles. The van der Waals surface area contributed by atoms with Crippen molar-refractivity contribution in [2.75, 3.05) is 0 Å². The highest BCUT2D eigenvalue weighted by Gasteiger charge is 2.15. The fourth-order valence-corrected chi connectivity index (χ4v) is 7.62. The minimum atomic E-state index is 1.30. The summed E-state index contributed by atoms with van der Waals surface area (Å²) in [5.41, 5.74) is 1.32. The maximum absolute atomic E-state index is 2.37. The normalized spacial score (nSPS) is 12.0. The second kappa shape index (κ2) is 5.15. The largest absolute Gasteiger partial charge is 0.133 e. The Labute approximate surface area is 156 Å². The second-order valence-electron chi connectivity index (χ2n) is 6.22. The highest BCUT2D eigenvalue weighted by atomic mass is 32.1. The zero-order valence-electron chi connectivity index (χ0n) is 13.2. The van der Waals surface area contributed by atoms with Gasteiger partial charge >= 0.3 is 0 Å². The predicted molar refractivity (Wildman–Crippen MR) is 116 cm³/mol. The molecule has 0 aliphatic heterocycles. The van der Waals surface area contributed by atoms with E-state index in [1.54, 1.807) is 0 Å². The standard InChI is InChI=1S/C22H12S3/c1-2-6-14-11-15(10-9-13(14)5-1)18-12-19-21(24-18)22-20(25-19)16-7-3-4-8-17(16)23-22/h1-12H. The summed E-state index contributed by atoms with van der Waals surface area (Å²) in [6.07, 6.45) is 0. The summed E-state index contributed by atoms with van der Waals surface area (Å²) in [7, 11) is 0. The Bertz CT molecular complexity index is 1390. The first kappa shape index (κ1) is 14.0. The van der Waals surface area contributed by atoms with Crippen LogP contribution < -0.4 is 0 Å². The van der Waals surface area contributed by atoms with E-state index in [9.17, 15) is 0 Å². The molecule has 0 amide bonds. The molecule has 0 aliphatic rings. The van der Waals surface area contributed by atoms with Crippen molar-refractivity contribution in [3.05, 3.63) is 72.8 Å². The maximum atomic E-state index is 2.37. The monoisotopic (exact) mass is 372 g/mol. The van der Waals surface area contributed by atoms with Gasteiger partial charge in [-0.05, 0) is 34.5 Å². The van der Waals surface area contributed by atoms with Crippen molar-refractivity contribution in [3.63, 3.8) is 0 Å². The number of hydrogen-bond acceptors (Lipinski definition) is 3.